The molecule has 7 heteroatoms. The lowest BCUT2D eigenvalue weighted by molar-refractivity contribution is 0.0521. The Hall–Kier alpha value is -1.53. The molecule has 17 heavy (non-hydrogen) atoms. The molecule has 0 saturated heterocycles. The van der Waals surface area contributed by atoms with Gasteiger partial charge in [-0.1, -0.05) is 11.6 Å². The van der Waals surface area contributed by atoms with E-state index in [9.17, 15) is 14.7 Å². The second-order valence-electron chi connectivity index (χ2n) is 3.19. The van der Waals surface area contributed by atoms with Gasteiger partial charge in [0.25, 0.3) is 5.56 Å². The van der Waals surface area contributed by atoms with E-state index in [4.69, 9.17) is 16.3 Å². The summed E-state index contributed by atoms with van der Waals surface area (Å²) in [4.78, 5) is 26.0. The van der Waals surface area contributed by atoms with Crippen molar-refractivity contribution in [3.8, 4) is 5.75 Å². The summed E-state index contributed by atoms with van der Waals surface area (Å²) in [5.74, 6) is -1.25. The van der Waals surface area contributed by atoms with E-state index in [0.29, 0.717) is 14.6 Å². The minimum absolute atomic E-state index is 0.125. The molecule has 0 unspecified atom stereocenters. The van der Waals surface area contributed by atoms with Crippen molar-refractivity contribution in [3.05, 3.63) is 26.3 Å². The SMILES string of the molecule is CCOC(=O)c1c(O)c2cc(Cl)sc2[nH]c1=O. The third-order valence-electron chi connectivity index (χ3n) is 2.13. The van der Waals surface area contributed by atoms with Crippen LogP contribution in [0.5, 0.6) is 5.75 Å². The minimum Gasteiger partial charge on any atom is -0.506 e. The van der Waals surface area contributed by atoms with E-state index >= 15 is 0 Å². The topological polar surface area (TPSA) is 79.4 Å². The van der Waals surface area contributed by atoms with E-state index < -0.39 is 22.8 Å². The Morgan fingerprint density at radius 2 is 2.35 bits per heavy atom. The molecule has 0 aliphatic carbocycles. The van der Waals surface area contributed by atoms with Crippen LogP contribution in [0.25, 0.3) is 10.2 Å². The van der Waals surface area contributed by atoms with Gasteiger partial charge in [-0.15, -0.1) is 11.3 Å². The van der Waals surface area contributed by atoms with E-state index in [-0.39, 0.29) is 6.61 Å². The van der Waals surface area contributed by atoms with Crippen molar-refractivity contribution >= 4 is 39.1 Å². The molecule has 0 atom stereocenters. The number of H-pyrrole nitrogens is 1. The molecule has 0 spiro atoms. The van der Waals surface area contributed by atoms with Gasteiger partial charge in [-0.3, -0.25) is 4.79 Å². The van der Waals surface area contributed by atoms with Gasteiger partial charge in [0.05, 0.1) is 16.3 Å². The highest BCUT2D eigenvalue weighted by atomic mass is 35.5. The smallest absolute Gasteiger partial charge is 0.347 e. The van der Waals surface area contributed by atoms with E-state index in [1.807, 2.05) is 0 Å². The standard InChI is InChI=1S/C10H8ClNO4S/c1-2-16-10(15)6-7(13)4-3-5(11)17-9(4)12-8(6)14/h3H,2H2,1H3,(H2,12,13,14). The number of ether oxygens (including phenoxy) is 1. The quantitative estimate of drug-likeness (QED) is 0.822. The molecule has 5 nitrogen and oxygen atoms in total. The third-order valence-corrected chi connectivity index (χ3v) is 3.31. The van der Waals surface area contributed by atoms with Crippen LogP contribution in [-0.4, -0.2) is 22.7 Å². The normalized spacial score (nSPS) is 10.7. The van der Waals surface area contributed by atoms with Crippen molar-refractivity contribution in [2.75, 3.05) is 6.61 Å². The van der Waals surface area contributed by atoms with Crippen molar-refractivity contribution in [2.24, 2.45) is 0 Å². The van der Waals surface area contributed by atoms with Crippen LogP contribution in [0.2, 0.25) is 4.34 Å². The molecule has 2 aromatic heterocycles. The number of halogens is 1. The molecule has 2 aromatic rings. The van der Waals surface area contributed by atoms with Gasteiger partial charge in [0.2, 0.25) is 0 Å². The molecule has 0 saturated carbocycles. The second kappa shape index (κ2) is 4.38. The number of hydrogen-bond donors (Lipinski definition) is 2. The molecule has 0 fully saturated rings. The van der Waals surface area contributed by atoms with Crippen molar-refractivity contribution < 1.29 is 14.6 Å². The highest BCUT2D eigenvalue weighted by Crippen LogP contribution is 2.34. The number of pyridine rings is 1. The summed E-state index contributed by atoms with van der Waals surface area (Å²) in [6, 6.07) is 1.48. The van der Waals surface area contributed by atoms with Crippen LogP contribution >= 0.6 is 22.9 Å². The van der Waals surface area contributed by atoms with E-state index in [2.05, 4.69) is 4.98 Å². The second-order valence-corrected chi connectivity index (χ2v) is 4.88. The van der Waals surface area contributed by atoms with Gasteiger partial charge in [0, 0.05) is 0 Å². The highest BCUT2D eigenvalue weighted by Gasteiger charge is 2.21. The number of carbonyl (C=O) groups is 1. The predicted octanol–water partition coefficient (Wildman–Crippen LogP) is 2.13. The molecule has 0 bridgehead atoms. The van der Waals surface area contributed by atoms with Crippen LogP contribution in [0.3, 0.4) is 0 Å². The lowest BCUT2D eigenvalue weighted by Crippen LogP contribution is -2.19. The molecule has 0 aliphatic heterocycles. The first-order valence-corrected chi connectivity index (χ1v) is 5.95. The highest BCUT2D eigenvalue weighted by molar-refractivity contribution is 7.22. The van der Waals surface area contributed by atoms with Gasteiger partial charge >= 0.3 is 5.97 Å². The number of thiophene rings is 1. The summed E-state index contributed by atoms with van der Waals surface area (Å²) >= 11 is 6.88. The van der Waals surface area contributed by atoms with Gasteiger partial charge in [0.1, 0.15) is 10.6 Å². The van der Waals surface area contributed by atoms with E-state index in [0.717, 1.165) is 11.3 Å². The first kappa shape index (κ1) is 11.9. The summed E-state index contributed by atoms with van der Waals surface area (Å²) in [5, 5.41) is 10.2. The lowest BCUT2D eigenvalue weighted by atomic mass is 10.2. The van der Waals surface area contributed by atoms with Crippen molar-refractivity contribution in [2.45, 2.75) is 6.92 Å². The van der Waals surface area contributed by atoms with E-state index in [1.54, 1.807) is 6.92 Å². The average Bonchev–Trinajstić information content (AvgIpc) is 2.59. The minimum atomic E-state index is -0.851. The number of carbonyl (C=O) groups excluding carboxylic acids is 1. The molecular formula is C10H8ClNO4S. The maximum atomic E-state index is 11.6. The number of nitrogens with one attached hydrogen (secondary N) is 1. The Morgan fingerprint density at radius 3 is 3.00 bits per heavy atom. The summed E-state index contributed by atoms with van der Waals surface area (Å²) in [7, 11) is 0. The van der Waals surface area contributed by atoms with Gasteiger partial charge in [-0.05, 0) is 13.0 Å². The number of aromatic nitrogens is 1. The fourth-order valence-corrected chi connectivity index (χ4v) is 2.55. The van der Waals surface area contributed by atoms with E-state index in [1.165, 1.54) is 6.07 Å². The number of aromatic hydroxyl groups is 1. The molecule has 0 aromatic carbocycles. The molecule has 2 N–H and O–H groups in total. The van der Waals surface area contributed by atoms with Gasteiger partial charge in [-0.25, -0.2) is 4.79 Å². The van der Waals surface area contributed by atoms with Gasteiger partial charge < -0.3 is 14.8 Å². The summed E-state index contributed by atoms with van der Waals surface area (Å²) in [6.07, 6.45) is 0. The van der Waals surface area contributed by atoms with Crippen LogP contribution < -0.4 is 5.56 Å². The molecule has 0 radical (unpaired) electrons. The molecule has 2 rings (SSSR count). The zero-order valence-corrected chi connectivity index (χ0v) is 10.3. The molecule has 0 aliphatic rings. The molecule has 90 valence electrons. The van der Waals surface area contributed by atoms with Gasteiger partial charge in [0.15, 0.2) is 5.56 Å². The summed E-state index contributed by atoms with van der Waals surface area (Å²) in [6.45, 7) is 1.74. The van der Waals surface area contributed by atoms with Crippen molar-refractivity contribution in [3.63, 3.8) is 0 Å². The Balaban J connectivity index is 2.71. The Labute approximate surface area is 105 Å². The number of fused-ring (bicyclic) bond motifs is 1. The largest absolute Gasteiger partial charge is 0.506 e. The number of esters is 1. The summed E-state index contributed by atoms with van der Waals surface area (Å²) < 4.78 is 5.11. The maximum absolute atomic E-state index is 11.6. The average molecular weight is 274 g/mol. The third kappa shape index (κ3) is 2.01. The predicted molar refractivity (Wildman–Crippen MR) is 65.1 cm³/mol. The van der Waals surface area contributed by atoms with Crippen LogP contribution in [0.15, 0.2) is 10.9 Å². The van der Waals surface area contributed by atoms with Crippen LogP contribution in [0.1, 0.15) is 17.3 Å². The number of hydrogen-bond acceptors (Lipinski definition) is 5. The Morgan fingerprint density at radius 1 is 1.65 bits per heavy atom. The first-order valence-electron chi connectivity index (χ1n) is 4.76. The summed E-state index contributed by atoms with van der Waals surface area (Å²) in [5.41, 5.74) is -1.08. The zero-order valence-electron chi connectivity index (χ0n) is 8.74. The Kier molecular flexibility index (Phi) is 3.08. The van der Waals surface area contributed by atoms with Crippen molar-refractivity contribution in [1.82, 2.24) is 4.98 Å². The lowest BCUT2D eigenvalue weighted by Gasteiger charge is -2.03. The Bertz CT molecular complexity index is 646. The molecular weight excluding hydrogens is 266 g/mol. The maximum Gasteiger partial charge on any atom is 0.347 e. The fourth-order valence-electron chi connectivity index (χ4n) is 1.43. The zero-order chi connectivity index (χ0) is 12.6. The van der Waals surface area contributed by atoms with Crippen molar-refractivity contribution in [1.29, 1.82) is 0 Å². The van der Waals surface area contributed by atoms with Crippen LogP contribution in [0, 0.1) is 0 Å². The molecule has 0 amide bonds. The number of aromatic amines is 1. The fraction of sp³-hybridized carbons (Fsp3) is 0.200. The van der Waals surface area contributed by atoms with Gasteiger partial charge in [-0.2, -0.15) is 0 Å². The monoisotopic (exact) mass is 273 g/mol. The van der Waals surface area contributed by atoms with Crippen LogP contribution in [-0.2, 0) is 4.74 Å². The first-order chi connectivity index (χ1) is 8.04. The number of rotatable bonds is 2. The van der Waals surface area contributed by atoms with Crippen LogP contribution in [0.4, 0.5) is 0 Å². The molecule has 2 heterocycles.